The van der Waals surface area contributed by atoms with Crippen molar-refractivity contribution in [2.75, 3.05) is 18.0 Å². The summed E-state index contributed by atoms with van der Waals surface area (Å²) in [5.41, 5.74) is -1.09. The third-order valence-electron chi connectivity index (χ3n) is 7.51. The number of nitrogens with one attached hydrogen (secondary N) is 1. The second kappa shape index (κ2) is 8.72. The van der Waals surface area contributed by atoms with Crippen molar-refractivity contribution in [2.45, 2.75) is 52.0 Å². The molecule has 3 N–H and O–H groups in total. The van der Waals surface area contributed by atoms with E-state index in [4.69, 9.17) is 4.74 Å². The minimum atomic E-state index is -1.53. The van der Waals surface area contributed by atoms with E-state index < -0.39 is 28.5 Å². The minimum Gasteiger partial charge on any atom is -0.507 e. The van der Waals surface area contributed by atoms with Crippen molar-refractivity contribution in [1.82, 2.24) is 15.3 Å². The van der Waals surface area contributed by atoms with E-state index in [2.05, 4.69) is 20.2 Å². The quantitative estimate of drug-likeness (QED) is 0.323. The van der Waals surface area contributed by atoms with Gasteiger partial charge in [-0.3, -0.25) is 14.4 Å². The molecule has 1 fully saturated rings. The number of carbonyl (C=O) groups is 3. The van der Waals surface area contributed by atoms with Crippen molar-refractivity contribution >= 4 is 23.3 Å². The fourth-order valence-electron chi connectivity index (χ4n) is 5.42. The van der Waals surface area contributed by atoms with Gasteiger partial charge in [-0.2, -0.15) is 0 Å². The number of phenolic OH excluding ortho intramolecular Hbond substituents is 2. The third-order valence-corrected chi connectivity index (χ3v) is 7.51. The second-order valence-electron chi connectivity index (χ2n) is 9.84. The number of Topliss-reactive ketones (excluding diaryl/α,β-unsaturated/α-hetero) is 2. The number of phenols is 2. The Morgan fingerprint density at radius 1 is 1.14 bits per heavy atom. The second-order valence-corrected chi connectivity index (χ2v) is 9.84. The van der Waals surface area contributed by atoms with Crippen LogP contribution in [-0.4, -0.2) is 56.7 Å². The van der Waals surface area contributed by atoms with Crippen LogP contribution in [0, 0.1) is 6.92 Å². The number of anilines is 1. The lowest BCUT2D eigenvalue weighted by Crippen LogP contribution is -2.45. The van der Waals surface area contributed by atoms with E-state index in [0.29, 0.717) is 11.6 Å². The summed E-state index contributed by atoms with van der Waals surface area (Å²) in [7, 11) is 0. The molecule has 5 rings (SSSR count). The standard InChI is InChI=1S/C27H28N4O6/c1-13-22(34)20(15(3)32)24-21(23(13)35)27(4)18(37-24)12-17(33)19(25(27)36)14(2)30-16-6-10-31(11-7-16)26-28-8-5-9-29-26/h5,8-9,12,16,30,34-35H,6-7,10-11H2,1-4H3/b19-14+/t27-/m0/s1. The van der Waals surface area contributed by atoms with E-state index in [0.717, 1.165) is 25.9 Å². The molecule has 0 unspecified atom stereocenters. The number of hydrogen-bond donors (Lipinski definition) is 3. The predicted molar refractivity (Wildman–Crippen MR) is 134 cm³/mol. The molecule has 0 spiro atoms. The van der Waals surface area contributed by atoms with Crippen LogP contribution in [0.2, 0.25) is 0 Å². The van der Waals surface area contributed by atoms with Gasteiger partial charge in [0.15, 0.2) is 17.3 Å². The van der Waals surface area contributed by atoms with E-state index in [-0.39, 0.29) is 45.6 Å². The molecule has 0 saturated carbocycles. The smallest absolute Gasteiger partial charge is 0.225 e. The van der Waals surface area contributed by atoms with Crippen LogP contribution in [0.4, 0.5) is 5.95 Å². The van der Waals surface area contributed by atoms with Gasteiger partial charge in [-0.05, 0) is 46.6 Å². The number of ketones is 3. The summed E-state index contributed by atoms with van der Waals surface area (Å²) in [5.74, 6) is -1.69. The number of allylic oxidation sites excluding steroid dienone is 4. The number of fused-ring (bicyclic) bond motifs is 3. The Bertz CT molecular complexity index is 1410. The number of piperidine rings is 1. The Morgan fingerprint density at radius 2 is 1.78 bits per heavy atom. The van der Waals surface area contributed by atoms with Gasteiger partial charge in [-0.15, -0.1) is 0 Å². The topological polar surface area (TPSA) is 142 Å². The van der Waals surface area contributed by atoms with Crippen LogP contribution in [0.5, 0.6) is 17.2 Å². The molecular formula is C27H28N4O6. The molecule has 2 aliphatic heterocycles. The molecular weight excluding hydrogens is 476 g/mol. The van der Waals surface area contributed by atoms with E-state index in [1.807, 2.05) is 0 Å². The molecule has 10 nitrogen and oxygen atoms in total. The van der Waals surface area contributed by atoms with Crippen LogP contribution < -0.4 is 15.0 Å². The Hall–Kier alpha value is -4.21. The maximum atomic E-state index is 13.9. The average molecular weight is 505 g/mol. The zero-order chi connectivity index (χ0) is 26.6. The number of carbonyl (C=O) groups excluding carboxylic acids is 3. The summed E-state index contributed by atoms with van der Waals surface area (Å²) in [6.45, 7) is 7.41. The molecule has 3 heterocycles. The first-order chi connectivity index (χ1) is 17.6. The molecule has 0 radical (unpaired) electrons. The van der Waals surface area contributed by atoms with Crippen molar-refractivity contribution in [3.05, 3.63) is 58.3 Å². The van der Waals surface area contributed by atoms with E-state index in [9.17, 15) is 24.6 Å². The number of aromatic hydroxyl groups is 2. The van der Waals surface area contributed by atoms with Crippen LogP contribution >= 0.6 is 0 Å². The van der Waals surface area contributed by atoms with Crippen molar-refractivity contribution in [3.8, 4) is 17.2 Å². The number of ether oxygens (including phenoxy) is 1. The lowest BCUT2D eigenvalue weighted by atomic mass is 9.70. The predicted octanol–water partition coefficient (Wildman–Crippen LogP) is 2.62. The lowest BCUT2D eigenvalue weighted by Gasteiger charge is -2.34. The van der Waals surface area contributed by atoms with Gasteiger partial charge < -0.3 is 25.2 Å². The van der Waals surface area contributed by atoms with Crippen molar-refractivity contribution < 1.29 is 29.3 Å². The maximum absolute atomic E-state index is 13.9. The number of rotatable bonds is 4. The molecule has 0 amide bonds. The fourth-order valence-corrected chi connectivity index (χ4v) is 5.42. The molecule has 3 aliphatic rings. The first kappa shape index (κ1) is 24.5. The van der Waals surface area contributed by atoms with Gasteiger partial charge >= 0.3 is 0 Å². The molecule has 1 aliphatic carbocycles. The first-order valence-electron chi connectivity index (χ1n) is 12.1. The summed E-state index contributed by atoms with van der Waals surface area (Å²) < 4.78 is 5.81. The zero-order valence-electron chi connectivity index (χ0n) is 21.1. The number of benzene rings is 1. The average Bonchev–Trinajstić information content (AvgIpc) is 3.16. The minimum absolute atomic E-state index is 0.0213. The van der Waals surface area contributed by atoms with Gasteiger partial charge in [0.1, 0.15) is 34.0 Å². The van der Waals surface area contributed by atoms with Gasteiger partial charge in [-0.1, -0.05) is 0 Å². The SMILES string of the molecule is CC(=O)c1c(O)c(C)c(O)c2c1OC1=CC(=O)/C(=C(/C)NC3CCN(c4ncccn4)CC3)C(=O)[C@@]12C. The molecule has 1 saturated heterocycles. The highest BCUT2D eigenvalue weighted by atomic mass is 16.5. The maximum Gasteiger partial charge on any atom is 0.225 e. The van der Waals surface area contributed by atoms with Gasteiger partial charge in [-0.25, -0.2) is 9.97 Å². The number of nitrogens with zero attached hydrogens (tertiary/aromatic N) is 3. The molecule has 2 aromatic rings. The van der Waals surface area contributed by atoms with E-state index in [1.165, 1.54) is 19.9 Å². The normalized spacial score (nSPS) is 22.7. The molecule has 1 aromatic heterocycles. The Morgan fingerprint density at radius 3 is 2.41 bits per heavy atom. The monoisotopic (exact) mass is 504 g/mol. The fraction of sp³-hybridized carbons (Fsp3) is 0.370. The van der Waals surface area contributed by atoms with Crippen molar-refractivity contribution in [2.24, 2.45) is 0 Å². The number of aromatic nitrogens is 2. The summed E-state index contributed by atoms with van der Waals surface area (Å²) in [4.78, 5) is 50.1. The molecule has 1 aromatic carbocycles. The van der Waals surface area contributed by atoms with Crippen LogP contribution in [0.1, 0.15) is 55.1 Å². The van der Waals surface area contributed by atoms with Crippen molar-refractivity contribution in [1.29, 1.82) is 0 Å². The lowest BCUT2D eigenvalue weighted by molar-refractivity contribution is -0.123. The van der Waals surface area contributed by atoms with Gasteiger partial charge in [0.25, 0.3) is 0 Å². The third kappa shape index (κ3) is 3.66. The van der Waals surface area contributed by atoms with E-state index >= 15 is 0 Å². The van der Waals surface area contributed by atoms with Gasteiger partial charge in [0.2, 0.25) is 5.95 Å². The molecule has 192 valence electrons. The van der Waals surface area contributed by atoms with Gasteiger partial charge in [0, 0.05) is 48.9 Å². The van der Waals surface area contributed by atoms with Gasteiger partial charge in [0.05, 0.1) is 11.1 Å². The Labute approximate surface area is 213 Å². The highest BCUT2D eigenvalue weighted by Gasteiger charge is 2.56. The largest absolute Gasteiger partial charge is 0.507 e. The highest BCUT2D eigenvalue weighted by Crippen LogP contribution is 2.57. The highest BCUT2D eigenvalue weighted by molar-refractivity contribution is 6.31. The summed E-state index contributed by atoms with van der Waals surface area (Å²) in [5, 5.41) is 24.8. The summed E-state index contributed by atoms with van der Waals surface area (Å²) >= 11 is 0. The summed E-state index contributed by atoms with van der Waals surface area (Å²) in [6.07, 6.45) is 6.16. The van der Waals surface area contributed by atoms with Crippen LogP contribution in [-0.2, 0) is 15.0 Å². The van der Waals surface area contributed by atoms with Crippen LogP contribution in [0.15, 0.2) is 41.6 Å². The zero-order valence-corrected chi connectivity index (χ0v) is 21.1. The molecule has 10 heteroatoms. The van der Waals surface area contributed by atoms with Crippen LogP contribution in [0.3, 0.4) is 0 Å². The molecule has 1 atom stereocenters. The number of hydrogen-bond acceptors (Lipinski definition) is 10. The van der Waals surface area contributed by atoms with Crippen LogP contribution in [0.25, 0.3) is 0 Å². The molecule has 37 heavy (non-hydrogen) atoms. The Kier molecular flexibility index (Phi) is 5.77. The molecule has 0 bridgehead atoms. The summed E-state index contributed by atoms with van der Waals surface area (Å²) in [6, 6.07) is 1.81. The Balaban J connectivity index is 1.46. The van der Waals surface area contributed by atoms with E-state index in [1.54, 1.807) is 32.3 Å². The van der Waals surface area contributed by atoms with Crippen molar-refractivity contribution in [3.63, 3.8) is 0 Å². The first-order valence-corrected chi connectivity index (χ1v) is 12.1.